The minimum atomic E-state index is -0.469. The number of carbonyl (C=O) groups is 1. The van der Waals surface area contributed by atoms with E-state index in [2.05, 4.69) is 0 Å². The molecule has 1 heterocycles. The van der Waals surface area contributed by atoms with E-state index in [4.69, 9.17) is 29.6 Å². The van der Waals surface area contributed by atoms with Gasteiger partial charge < -0.3 is 10.6 Å². The Morgan fingerprint density at radius 1 is 1.56 bits per heavy atom. The topological polar surface area (TPSA) is 46.3 Å². The van der Waals surface area contributed by atoms with Crippen LogP contribution in [0.5, 0.6) is 0 Å². The van der Waals surface area contributed by atoms with Crippen molar-refractivity contribution < 1.29 is 9.18 Å². The minimum Gasteiger partial charge on any atom is -0.392 e. The summed E-state index contributed by atoms with van der Waals surface area (Å²) in [7, 11) is 0. The molecule has 1 aromatic rings. The predicted octanol–water partition coefficient (Wildman–Crippen LogP) is 2.37. The van der Waals surface area contributed by atoms with Crippen molar-refractivity contribution in [1.29, 1.82) is 0 Å². The number of hydrogen-bond donors (Lipinski definition) is 1. The van der Waals surface area contributed by atoms with Crippen LogP contribution in [0.3, 0.4) is 0 Å². The van der Waals surface area contributed by atoms with Crippen LogP contribution in [-0.2, 0) is 0 Å². The average molecular weight is 287 g/mol. The number of nitrogens with two attached hydrogens (primary N) is 1. The van der Waals surface area contributed by atoms with Gasteiger partial charge in [0, 0.05) is 6.54 Å². The van der Waals surface area contributed by atoms with Gasteiger partial charge in [0.05, 0.1) is 21.6 Å². The standard InChI is InChI=1S/C12H12ClFN2OS/c13-9-6-7(14)3-4-8(9)12(17)16-5-1-2-10(16)11(15)18/h3-4,6,10H,1-2,5H2,(H2,15,18). The highest BCUT2D eigenvalue weighted by atomic mass is 35.5. The lowest BCUT2D eigenvalue weighted by molar-refractivity contribution is 0.0770. The number of halogens is 2. The normalized spacial score (nSPS) is 19.0. The van der Waals surface area contributed by atoms with Crippen LogP contribution in [-0.4, -0.2) is 28.4 Å². The SMILES string of the molecule is NC(=S)C1CCCN1C(=O)c1ccc(F)cc1Cl. The first-order valence-corrected chi connectivity index (χ1v) is 6.34. The summed E-state index contributed by atoms with van der Waals surface area (Å²) >= 11 is 10.8. The smallest absolute Gasteiger partial charge is 0.255 e. The van der Waals surface area contributed by atoms with Crippen molar-refractivity contribution in [2.75, 3.05) is 6.54 Å². The van der Waals surface area contributed by atoms with Crippen molar-refractivity contribution in [3.63, 3.8) is 0 Å². The molecule has 3 nitrogen and oxygen atoms in total. The molecule has 1 amide bonds. The third-order valence-corrected chi connectivity index (χ3v) is 3.59. The third-order valence-electron chi connectivity index (χ3n) is 3.00. The molecule has 18 heavy (non-hydrogen) atoms. The Bertz CT molecular complexity index is 509. The van der Waals surface area contributed by atoms with E-state index in [1.165, 1.54) is 12.1 Å². The zero-order valence-electron chi connectivity index (χ0n) is 9.53. The van der Waals surface area contributed by atoms with E-state index in [1.807, 2.05) is 0 Å². The number of thiocarbonyl (C=S) groups is 1. The summed E-state index contributed by atoms with van der Waals surface area (Å²) in [5.74, 6) is -0.723. The summed E-state index contributed by atoms with van der Waals surface area (Å²) < 4.78 is 12.9. The maximum atomic E-state index is 12.9. The number of likely N-dealkylation sites (tertiary alicyclic amines) is 1. The Balaban J connectivity index is 2.28. The Morgan fingerprint density at radius 2 is 2.28 bits per heavy atom. The summed E-state index contributed by atoms with van der Waals surface area (Å²) in [4.78, 5) is 14.2. The van der Waals surface area contributed by atoms with E-state index in [0.29, 0.717) is 11.5 Å². The monoisotopic (exact) mass is 286 g/mol. The van der Waals surface area contributed by atoms with Crippen molar-refractivity contribution in [3.8, 4) is 0 Å². The zero-order chi connectivity index (χ0) is 13.3. The summed E-state index contributed by atoms with van der Waals surface area (Å²) in [5, 5.41) is 0.105. The second kappa shape index (κ2) is 5.20. The van der Waals surface area contributed by atoms with Crippen molar-refractivity contribution in [1.82, 2.24) is 4.90 Å². The van der Waals surface area contributed by atoms with Crippen LogP contribution in [0.1, 0.15) is 23.2 Å². The fourth-order valence-electron chi connectivity index (χ4n) is 2.12. The van der Waals surface area contributed by atoms with E-state index in [9.17, 15) is 9.18 Å². The summed E-state index contributed by atoms with van der Waals surface area (Å²) in [6.07, 6.45) is 1.62. The second-order valence-electron chi connectivity index (χ2n) is 4.18. The molecular formula is C12H12ClFN2OS. The minimum absolute atomic E-state index is 0.105. The summed E-state index contributed by atoms with van der Waals surface area (Å²) in [6, 6.07) is 3.49. The van der Waals surface area contributed by atoms with Crippen LogP contribution in [0.4, 0.5) is 4.39 Å². The van der Waals surface area contributed by atoms with Crippen LogP contribution in [0.15, 0.2) is 18.2 Å². The quantitative estimate of drug-likeness (QED) is 0.849. The number of rotatable bonds is 2. The number of nitrogens with zero attached hydrogens (tertiary/aromatic N) is 1. The first-order chi connectivity index (χ1) is 8.50. The fourth-order valence-corrected chi connectivity index (χ4v) is 2.62. The number of hydrogen-bond acceptors (Lipinski definition) is 2. The summed E-state index contributed by atoms with van der Waals surface area (Å²) in [5.41, 5.74) is 5.89. The number of carbonyl (C=O) groups excluding carboxylic acids is 1. The van der Waals surface area contributed by atoms with Crippen molar-refractivity contribution in [2.24, 2.45) is 5.73 Å². The Kier molecular flexibility index (Phi) is 3.82. The molecule has 2 N–H and O–H groups in total. The van der Waals surface area contributed by atoms with Gasteiger partial charge in [-0.25, -0.2) is 4.39 Å². The summed E-state index contributed by atoms with van der Waals surface area (Å²) in [6.45, 7) is 0.592. The van der Waals surface area contributed by atoms with Gasteiger partial charge in [0.25, 0.3) is 5.91 Å². The molecular weight excluding hydrogens is 275 g/mol. The lowest BCUT2D eigenvalue weighted by atomic mass is 10.1. The molecule has 1 unspecified atom stereocenters. The average Bonchev–Trinajstić information content (AvgIpc) is 2.77. The molecule has 2 rings (SSSR count). The maximum absolute atomic E-state index is 12.9. The van der Waals surface area contributed by atoms with E-state index in [1.54, 1.807) is 4.90 Å². The Labute approximate surface area is 115 Å². The molecule has 0 spiro atoms. The van der Waals surface area contributed by atoms with Crippen molar-refractivity contribution in [2.45, 2.75) is 18.9 Å². The van der Waals surface area contributed by atoms with Gasteiger partial charge in [-0.05, 0) is 31.0 Å². The van der Waals surface area contributed by atoms with E-state index in [-0.39, 0.29) is 22.5 Å². The molecule has 0 bridgehead atoms. The molecule has 1 aliphatic rings. The van der Waals surface area contributed by atoms with Crippen LogP contribution in [0.25, 0.3) is 0 Å². The number of benzene rings is 1. The van der Waals surface area contributed by atoms with Gasteiger partial charge in [-0.15, -0.1) is 0 Å². The molecule has 1 saturated heterocycles. The van der Waals surface area contributed by atoms with Gasteiger partial charge >= 0.3 is 0 Å². The van der Waals surface area contributed by atoms with Crippen molar-refractivity contribution in [3.05, 3.63) is 34.6 Å². The first kappa shape index (κ1) is 13.2. The highest BCUT2D eigenvalue weighted by molar-refractivity contribution is 7.80. The molecule has 0 aliphatic carbocycles. The molecule has 96 valence electrons. The van der Waals surface area contributed by atoms with Crippen molar-refractivity contribution >= 4 is 34.7 Å². The van der Waals surface area contributed by atoms with Crippen LogP contribution in [0.2, 0.25) is 5.02 Å². The molecule has 0 aromatic heterocycles. The molecule has 1 atom stereocenters. The fraction of sp³-hybridized carbons (Fsp3) is 0.333. The van der Waals surface area contributed by atoms with Gasteiger partial charge in [-0.2, -0.15) is 0 Å². The lowest BCUT2D eigenvalue weighted by Gasteiger charge is -2.24. The van der Waals surface area contributed by atoms with Gasteiger partial charge in [-0.3, -0.25) is 4.79 Å². The predicted molar refractivity (Wildman–Crippen MR) is 72.3 cm³/mol. The van der Waals surface area contributed by atoms with Gasteiger partial charge in [0.15, 0.2) is 0 Å². The zero-order valence-corrected chi connectivity index (χ0v) is 11.1. The number of amides is 1. The Morgan fingerprint density at radius 3 is 2.89 bits per heavy atom. The highest BCUT2D eigenvalue weighted by Crippen LogP contribution is 2.24. The molecule has 0 saturated carbocycles. The molecule has 1 aromatic carbocycles. The van der Waals surface area contributed by atoms with E-state index < -0.39 is 5.82 Å². The highest BCUT2D eigenvalue weighted by Gasteiger charge is 2.32. The van der Waals surface area contributed by atoms with Crippen LogP contribution >= 0.6 is 23.8 Å². The third kappa shape index (κ3) is 2.47. The van der Waals surface area contributed by atoms with E-state index in [0.717, 1.165) is 18.9 Å². The van der Waals surface area contributed by atoms with Crippen LogP contribution < -0.4 is 5.73 Å². The van der Waals surface area contributed by atoms with E-state index >= 15 is 0 Å². The van der Waals surface area contributed by atoms with Gasteiger partial charge in [0.1, 0.15) is 5.82 Å². The first-order valence-electron chi connectivity index (χ1n) is 5.56. The van der Waals surface area contributed by atoms with Gasteiger partial charge in [0.2, 0.25) is 0 Å². The Hall–Kier alpha value is -1.20. The molecule has 0 radical (unpaired) electrons. The molecule has 1 aliphatic heterocycles. The van der Waals surface area contributed by atoms with Gasteiger partial charge in [-0.1, -0.05) is 23.8 Å². The molecule has 1 fully saturated rings. The second-order valence-corrected chi connectivity index (χ2v) is 5.06. The maximum Gasteiger partial charge on any atom is 0.255 e. The largest absolute Gasteiger partial charge is 0.392 e. The lowest BCUT2D eigenvalue weighted by Crippen LogP contribution is -2.42. The molecule has 6 heteroatoms. The van der Waals surface area contributed by atoms with Crippen LogP contribution in [0, 0.1) is 5.82 Å².